The summed E-state index contributed by atoms with van der Waals surface area (Å²) >= 11 is 0. The molecule has 0 fully saturated rings. The summed E-state index contributed by atoms with van der Waals surface area (Å²) in [6.07, 6.45) is 5.35. The Labute approximate surface area is 94.4 Å². The topological polar surface area (TPSA) is 26.3 Å². The molecule has 1 atom stereocenters. The molecule has 0 aromatic heterocycles. The second kappa shape index (κ2) is 6.86. The van der Waals surface area contributed by atoms with Crippen molar-refractivity contribution in [2.45, 2.75) is 72.8 Å². The standard InChI is InChI=1S/C13H26O2/c1-6-8-9-10-13(4,5)12(14)15-11(3)7-2/h11H,6-10H2,1-5H3. The Hall–Kier alpha value is -0.530. The molecule has 0 aromatic rings. The average Bonchev–Trinajstić information content (AvgIpc) is 2.17. The van der Waals surface area contributed by atoms with Crippen molar-refractivity contribution in [2.75, 3.05) is 0 Å². The van der Waals surface area contributed by atoms with Gasteiger partial charge in [-0.2, -0.15) is 0 Å². The Kier molecular flexibility index (Phi) is 6.62. The van der Waals surface area contributed by atoms with Crippen LogP contribution in [0.3, 0.4) is 0 Å². The Morgan fingerprint density at radius 1 is 1.27 bits per heavy atom. The molecule has 1 unspecified atom stereocenters. The van der Waals surface area contributed by atoms with Crippen molar-refractivity contribution in [2.24, 2.45) is 5.41 Å². The van der Waals surface area contributed by atoms with Crippen LogP contribution in [0, 0.1) is 5.41 Å². The lowest BCUT2D eigenvalue weighted by Crippen LogP contribution is -2.29. The van der Waals surface area contributed by atoms with Gasteiger partial charge in [-0.05, 0) is 33.6 Å². The largest absolute Gasteiger partial charge is 0.462 e. The van der Waals surface area contributed by atoms with Gasteiger partial charge in [0, 0.05) is 0 Å². The van der Waals surface area contributed by atoms with Crippen LogP contribution in [-0.4, -0.2) is 12.1 Å². The van der Waals surface area contributed by atoms with E-state index in [0.717, 1.165) is 19.3 Å². The number of hydrogen-bond donors (Lipinski definition) is 0. The highest BCUT2D eigenvalue weighted by Gasteiger charge is 2.29. The van der Waals surface area contributed by atoms with Crippen LogP contribution in [0.15, 0.2) is 0 Å². The number of carbonyl (C=O) groups excluding carboxylic acids is 1. The van der Waals surface area contributed by atoms with Gasteiger partial charge in [-0.3, -0.25) is 4.79 Å². The predicted molar refractivity (Wildman–Crippen MR) is 63.8 cm³/mol. The number of rotatable bonds is 7. The Bertz CT molecular complexity index is 185. The zero-order valence-electron chi connectivity index (χ0n) is 10.9. The van der Waals surface area contributed by atoms with E-state index in [-0.39, 0.29) is 17.5 Å². The predicted octanol–water partition coefficient (Wildman–Crippen LogP) is 3.93. The summed E-state index contributed by atoms with van der Waals surface area (Å²) in [5.74, 6) is -0.0482. The summed E-state index contributed by atoms with van der Waals surface area (Å²) < 4.78 is 5.36. The van der Waals surface area contributed by atoms with E-state index >= 15 is 0 Å². The third-order valence-corrected chi connectivity index (χ3v) is 2.84. The summed E-state index contributed by atoms with van der Waals surface area (Å²) in [5.41, 5.74) is -0.321. The zero-order valence-corrected chi connectivity index (χ0v) is 10.9. The summed E-state index contributed by atoms with van der Waals surface area (Å²) in [7, 11) is 0. The van der Waals surface area contributed by atoms with E-state index in [1.165, 1.54) is 12.8 Å². The van der Waals surface area contributed by atoms with E-state index in [9.17, 15) is 4.79 Å². The van der Waals surface area contributed by atoms with Crippen LogP contribution < -0.4 is 0 Å². The first-order valence-electron chi connectivity index (χ1n) is 6.15. The third kappa shape index (κ3) is 5.81. The van der Waals surface area contributed by atoms with Crippen LogP contribution in [0.5, 0.6) is 0 Å². The van der Waals surface area contributed by atoms with Gasteiger partial charge in [0.05, 0.1) is 11.5 Å². The number of esters is 1. The summed E-state index contributed by atoms with van der Waals surface area (Å²) in [6, 6.07) is 0. The molecule has 0 aliphatic rings. The molecule has 0 aliphatic heterocycles. The molecule has 0 N–H and O–H groups in total. The molecule has 0 heterocycles. The van der Waals surface area contributed by atoms with Crippen molar-refractivity contribution >= 4 is 5.97 Å². The SMILES string of the molecule is CCCCCC(C)(C)C(=O)OC(C)CC. The Morgan fingerprint density at radius 3 is 2.33 bits per heavy atom. The molecule has 2 heteroatoms. The quantitative estimate of drug-likeness (QED) is 0.474. The molecule has 0 aromatic carbocycles. The van der Waals surface area contributed by atoms with E-state index in [2.05, 4.69) is 6.92 Å². The van der Waals surface area contributed by atoms with Gasteiger partial charge in [0.15, 0.2) is 0 Å². The summed E-state index contributed by atoms with van der Waals surface area (Å²) in [4.78, 5) is 11.8. The molecule has 0 bridgehead atoms. The molecule has 15 heavy (non-hydrogen) atoms. The van der Waals surface area contributed by atoms with Gasteiger partial charge < -0.3 is 4.74 Å². The minimum atomic E-state index is -0.321. The molecule has 0 rings (SSSR count). The lowest BCUT2D eigenvalue weighted by Gasteiger charge is -2.24. The normalized spacial score (nSPS) is 13.7. The van der Waals surface area contributed by atoms with Crippen molar-refractivity contribution in [3.63, 3.8) is 0 Å². The first-order chi connectivity index (χ1) is 6.94. The lowest BCUT2D eigenvalue weighted by atomic mass is 9.87. The molecule has 0 saturated carbocycles. The zero-order chi connectivity index (χ0) is 11.9. The molecule has 0 aliphatic carbocycles. The Morgan fingerprint density at radius 2 is 1.87 bits per heavy atom. The number of unbranched alkanes of at least 4 members (excludes halogenated alkanes) is 2. The molecule has 0 saturated heterocycles. The van der Waals surface area contributed by atoms with Gasteiger partial charge in [0.2, 0.25) is 0 Å². The van der Waals surface area contributed by atoms with E-state index in [4.69, 9.17) is 4.74 Å². The van der Waals surface area contributed by atoms with E-state index in [1.54, 1.807) is 0 Å². The van der Waals surface area contributed by atoms with Crippen LogP contribution in [0.4, 0.5) is 0 Å². The minimum absolute atomic E-state index is 0.0444. The van der Waals surface area contributed by atoms with Gasteiger partial charge in [-0.15, -0.1) is 0 Å². The monoisotopic (exact) mass is 214 g/mol. The molecule has 2 nitrogen and oxygen atoms in total. The van der Waals surface area contributed by atoms with Crippen LogP contribution in [0.2, 0.25) is 0 Å². The van der Waals surface area contributed by atoms with E-state index in [1.807, 2.05) is 27.7 Å². The molecule has 0 amide bonds. The highest BCUT2D eigenvalue weighted by Crippen LogP contribution is 2.26. The number of hydrogen-bond acceptors (Lipinski definition) is 2. The van der Waals surface area contributed by atoms with Gasteiger partial charge in [0.25, 0.3) is 0 Å². The number of carbonyl (C=O) groups is 1. The molecule has 90 valence electrons. The van der Waals surface area contributed by atoms with Crippen molar-refractivity contribution < 1.29 is 9.53 Å². The maximum Gasteiger partial charge on any atom is 0.311 e. The van der Waals surface area contributed by atoms with E-state index in [0.29, 0.717) is 0 Å². The maximum absolute atomic E-state index is 11.8. The lowest BCUT2D eigenvalue weighted by molar-refractivity contribution is -0.159. The third-order valence-electron chi connectivity index (χ3n) is 2.84. The summed E-state index contributed by atoms with van der Waals surface area (Å²) in [6.45, 7) is 10.1. The van der Waals surface area contributed by atoms with Gasteiger partial charge in [-0.1, -0.05) is 33.1 Å². The highest BCUT2D eigenvalue weighted by molar-refractivity contribution is 5.76. The fourth-order valence-corrected chi connectivity index (χ4v) is 1.34. The molecular weight excluding hydrogens is 188 g/mol. The van der Waals surface area contributed by atoms with Gasteiger partial charge in [-0.25, -0.2) is 0 Å². The highest BCUT2D eigenvalue weighted by atomic mass is 16.5. The van der Waals surface area contributed by atoms with Crippen LogP contribution in [0.1, 0.15) is 66.7 Å². The number of ether oxygens (including phenoxy) is 1. The van der Waals surface area contributed by atoms with Crippen LogP contribution >= 0.6 is 0 Å². The minimum Gasteiger partial charge on any atom is -0.462 e. The van der Waals surface area contributed by atoms with E-state index < -0.39 is 0 Å². The second-order valence-electron chi connectivity index (χ2n) is 4.97. The van der Waals surface area contributed by atoms with Crippen molar-refractivity contribution in [1.82, 2.24) is 0 Å². The molecular formula is C13H26O2. The van der Waals surface area contributed by atoms with Crippen molar-refractivity contribution in [3.05, 3.63) is 0 Å². The molecule has 0 radical (unpaired) electrons. The molecule has 0 spiro atoms. The van der Waals surface area contributed by atoms with Gasteiger partial charge >= 0.3 is 5.97 Å². The summed E-state index contributed by atoms with van der Waals surface area (Å²) in [5, 5.41) is 0. The maximum atomic E-state index is 11.8. The Balaban J connectivity index is 4.01. The second-order valence-corrected chi connectivity index (χ2v) is 4.97. The fourth-order valence-electron chi connectivity index (χ4n) is 1.34. The van der Waals surface area contributed by atoms with Gasteiger partial charge in [0.1, 0.15) is 0 Å². The average molecular weight is 214 g/mol. The fraction of sp³-hybridized carbons (Fsp3) is 0.923. The van der Waals surface area contributed by atoms with Crippen LogP contribution in [-0.2, 0) is 9.53 Å². The van der Waals surface area contributed by atoms with Crippen LogP contribution in [0.25, 0.3) is 0 Å². The van der Waals surface area contributed by atoms with Crippen molar-refractivity contribution in [1.29, 1.82) is 0 Å². The first-order valence-corrected chi connectivity index (χ1v) is 6.15. The smallest absolute Gasteiger partial charge is 0.311 e. The first kappa shape index (κ1) is 14.5. The van der Waals surface area contributed by atoms with Crippen molar-refractivity contribution in [3.8, 4) is 0 Å².